The number of hydrogen-bond donors (Lipinski definition) is 0. The van der Waals surface area contributed by atoms with Crippen molar-refractivity contribution < 1.29 is 18.8 Å². The average Bonchev–Trinajstić information content (AvgIpc) is 2.42. The van der Waals surface area contributed by atoms with Crippen LogP contribution in [0.5, 0.6) is 0 Å². The van der Waals surface area contributed by atoms with Crippen LogP contribution in [0.3, 0.4) is 0 Å². The van der Waals surface area contributed by atoms with E-state index in [-0.39, 0.29) is 30.9 Å². The molecule has 0 aromatic carbocycles. The van der Waals surface area contributed by atoms with Crippen LogP contribution in [0.2, 0.25) is 18.1 Å². The Labute approximate surface area is 160 Å². The number of hydroxylamine groups is 2. The van der Waals surface area contributed by atoms with E-state index in [0.717, 1.165) is 10.6 Å². The fourth-order valence-electron chi connectivity index (χ4n) is 1.78. The van der Waals surface area contributed by atoms with Gasteiger partial charge in [-0.15, -0.1) is 0 Å². The van der Waals surface area contributed by atoms with E-state index in [0.29, 0.717) is 0 Å². The lowest BCUT2D eigenvalue weighted by Gasteiger charge is -2.39. The van der Waals surface area contributed by atoms with Crippen molar-refractivity contribution in [3.63, 3.8) is 0 Å². The van der Waals surface area contributed by atoms with E-state index in [1.165, 1.54) is 0 Å². The molecule has 0 saturated heterocycles. The molecule has 0 aromatic heterocycles. The van der Waals surface area contributed by atoms with Gasteiger partial charge in [-0.05, 0) is 30.6 Å². The molecule has 0 radical (unpaired) electrons. The number of amides is 1. The van der Waals surface area contributed by atoms with Gasteiger partial charge in [0.15, 0.2) is 8.32 Å². The van der Waals surface area contributed by atoms with Gasteiger partial charge in [-0.1, -0.05) is 61.7 Å². The van der Waals surface area contributed by atoms with Gasteiger partial charge in [0.25, 0.3) is 0 Å². The third-order valence-electron chi connectivity index (χ3n) is 4.27. The highest BCUT2D eigenvalue weighted by Crippen LogP contribution is 2.38. The summed E-state index contributed by atoms with van der Waals surface area (Å²) >= 11 is 16.6. The van der Waals surface area contributed by atoms with Gasteiger partial charge < -0.3 is 9.16 Å². The molecule has 0 saturated carbocycles. The molecule has 1 aliphatic heterocycles. The van der Waals surface area contributed by atoms with E-state index in [2.05, 4.69) is 33.9 Å². The van der Waals surface area contributed by atoms with E-state index in [9.17, 15) is 4.79 Å². The van der Waals surface area contributed by atoms with Crippen molar-refractivity contribution in [2.24, 2.45) is 0 Å². The van der Waals surface area contributed by atoms with Crippen molar-refractivity contribution in [1.82, 2.24) is 5.06 Å². The molecule has 1 heterocycles. The second-order valence-corrected chi connectivity index (χ2v) is 14.6. The highest BCUT2D eigenvalue weighted by molar-refractivity contribution is 6.74. The molecule has 24 heavy (non-hydrogen) atoms. The first-order valence-electron chi connectivity index (χ1n) is 7.73. The largest absolute Gasteiger partial charge is 0.443 e. The zero-order valence-corrected chi connectivity index (χ0v) is 18.3. The third kappa shape index (κ3) is 6.73. The molecule has 140 valence electrons. The lowest BCUT2D eigenvalue weighted by Crippen LogP contribution is -2.45. The van der Waals surface area contributed by atoms with Gasteiger partial charge in [0, 0.05) is 0 Å². The number of rotatable bonds is 4. The Morgan fingerprint density at radius 3 is 2.38 bits per heavy atom. The van der Waals surface area contributed by atoms with Crippen LogP contribution in [0, 0.1) is 0 Å². The Kier molecular flexibility index (Phi) is 7.48. The van der Waals surface area contributed by atoms with Crippen LogP contribution in [-0.4, -0.2) is 49.1 Å². The van der Waals surface area contributed by atoms with Gasteiger partial charge in [0.2, 0.25) is 3.79 Å². The molecule has 5 nitrogen and oxygen atoms in total. The Morgan fingerprint density at radius 1 is 1.38 bits per heavy atom. The molecule has 1 unspecified atom stereocenters. The number of halogens is 3. The fourth-order valence-corrected chi connectivity index (χ4v) is 3.34. The summed E-state index contributed by atoms with van der Waals surface area (Å²) < 4.78 is 9.57. The third-order valence-corrected chi connectivity index (χ3v) is 9.15. The number of hydrogen-bond acceptors (Lipinski definition) is 4. The number of nitrogens with zero attached hydrogens (tertiary/aromatic N) is 1. The van der Waals surface area contributed by atoms with Gasteiger partial charge in [0.1, 0.15) is 6.61 Å². The van der Waals surface area contributed by atoms with Crippen LogP contribution >= 0.6 is 34.8 Å². The molecule has 0 fully saturated rings. The molecule has 1 atom stereocenters. The first-order chi connectivity index (χ1) is 10.7. The predicted molar refractivity (Wildman–Crippen MR) is 100 cm³/mol. The molecular formula is C15H26Cl3NO4Si. The maximum atomic E-state index is 11.8. The zero-order valence-electron chi connectivity index (χ0n) is 15.0. The van der Waals surface area contributed by atoms with E-state index < -0.39 is 18.2 Å². The normalized spacial score (nSPS) is 18.2. The summed E-state index contributed by atoms with van der Waals surface area (Å²) in [5.41, 5.74) is 1.00. The standard InChI is InChI=1S/C15H26Cl3NO4Si/c1-11(23-24(5,6)14(2,3)4)12-7-8-19(22-9-12)13(20)21-10-15(16,17)18/h7,11H,8-10H2,1-6H3. The maximum absolute atomic E-state index is 11.8. The zero-order chi connectivity index (χ0) is 18.8. The number of carbonyl (C=O) groups is 1. The first-order valence-corrected chi connectivity index (χ1v) is 11.8. The molecular weight excluding hydrogens is 393 g/mol. The van der Waals surface area contributed by atoms with Gasteiger partial charge >= 0.3 is 6.09 Å². The van der Waals surface area contributed by atoms with Crippen LogP contribution in [0.25, 0.3) is 0 Å². The van der Waals surface area contributed by atoms with Gasteiger partial charge in [-0.2, -0.15) is 5.06 Å². The Balaban J connectivity index is 2.58. The predicted octanol–water partition coefficient (Wildman–Crippen LogP) is 5.08. The number of ether oxygens (including phenoxy) is 1. The molecule has 9 heteroatoms. The molecule has 1 aliphatic rings. The summed E-state index contributed by atoms with van der Waals surface area (Å²) in [6.45, 7) is 13.2. The van der Waals surface area contributed by atoms with E-state index in [1.807, 2.05) is 13.0 Å². The molecule has 1 rings (SSSR count). The Hall–Kier alpha value is 0.0169. The summed E-state index contributed by atoms with van der Waals surface area (Å²) in [5, 5.41) is 1.23. The SMILES string of the molecule is CC(O[Si](C)(C)C(C)(C)C)C1=CCN(C(=O)OCC(Cl)(Cl)Cl)OC1. The highest BCUT2D eigenvalue weighted by atomic mass is 35.6. The molecule has 0 aromatic rings. The van der Waals surface area contributed by atoms with Crippen molar-refractivity contribution >= 4 is 49.2 Å². The summed E-state index contributed by atoms with van der Waals surface area (Å²) in [4.78, 5) is 17.3. The van der Waals surface area contributed by atoms with Crippen LogP contribution in [0.15, 0.2) is 11.6 Å². The minimum Gasteiger partial charge on any atom is -0.443 e. The number of alkyl halides is 3. The van der Waals surface area contributed by atoms with E-state index >= 15 is 0 Å². The maximum Gasteiger partial charge on any atom is 0.434 e. The van der Waals surface area contributed by atoms with Crippen molar-refractivity contribution in [1.29, 1.82) is 0 Å². The van der Waals surface area contributed by atoms with Crippen molar-refractivity contribution in [3.05, 3.63) is 11.6 Å². The average molecular weight is 419 g/mol. The molecule has 0 bridgehead atoms. The van der Waals surface area contributed by atoms with Crippen molar-refractivity contribution in [2.75, 3.05) is 19.8 Å². The van der Waals surface area contributed by atoms with E-state index in [1.54, 1.807) is 0 Å². The van der Waals surface area contributed by atoms with Gasteiger partial charge in [0.05, 0.1) is 19.3 Å². The van der Waals surface area contributed by atoms with Gasteiger partial charge in [-0.25, -0.2) is 4.79 Å². The summed E-state index contributed by atoms with van der Waals surface area (Å²) in [7, 11) is -1.87. The second kappa shape index (κ2) is 8.14. The van der Waals surface area contributed by atoms with Gasteiger partial charge in [-0.3, -0.25) is 4.84 Å². The summed E-state index contributed by atoms with van der Waals surface area (Å²) in [6.07, 6.45) is 1.16. The lowest BCUT2D eigenvalue weighted by atomic mass is 10.1. The highest BCUT2D eigenvalue weighted by Gasteiger charge is 2.39. The Morgan fingerprint density at radius 2 is 1.96 bits per heavy atom. The quantitative estimate of drug-likeness (QED) is 0.363. The monoisotopic (exact) mass is 417 g/mol. The molecule has 0 N–H and O–H groups in total. The van der Waals surface area contributed by atoms with Crippen LogP contribution in [-0.2, 0) is 14.0 Å². The molecule has 0 aliphatic carbocycles. The minimum atomic E-state index is -1.87. The van der Waals surface area contributed by atoms with E-state index in [4.69, 9.17) is 48.8 Å². The molecule has 0 spiro atoms. The molecule has 1 amide bonds. The van der Waals surface area contributed by atoms with Crippen LogP contribution in [0.1, 0.15) is 27.7 Å². The Bertz CT molecular complexity index is 486. The van der Waals surface area contributed by atoms with Crippen LogP contribution < -0.4 is 0 Å². The minimum absolute atomic E-state index is 0.0646. The summed E-state index contributed by atoms with van der Waals surface area (Å²) in [6, 6.07) is 0. The smallest absolute Gasteiger partial charge is 0.434 e. The lowest BCUT2D eigenvalue weighted by molar-refractivity contribution is -0.130. The number of carbonyl (C=O) groups excluding carboxylic acids is 1. The van der Waals surface area contributed by atoms with Crippen molar-refractivity contribution in [3.8, 4) is 0 Å². The van der Waals surface area contributed by atoms with Crippen molar-refractivity contribution in [2.45, 2.75) is 55.7 Å². The van der Waals surface area contributed by atoms with Crippen LogP contribution in [0.4, 0.5) is 4.79 Å². The topological polar surface area (TPSA) is 48.0 Å². The summed E-state index contributed by atoms with van der Waals surface area (Å²) in [5.74, 6) is 0. The fraction of sp³-hybridized carbons (Fsp3) is 0.800. The first kappa shape index (κ1) is 22.1. The second-order valence-electron chi connectivity index (χ2n) is 7.30.